The molecule has 4 aromatic rings. The molecule has 0 bridgehead atoms. The number of pyridine rings is 1. The number of hydrogen-bond donors (Lipinski definition) is 3. The summed E-state index contributed by atoms with van der Waals surface area (Å²) in [5.74, 6) is 1.20. The normalized spacial score (nSPS) is 19.0. The number of nitrogens with zero attached hydrogens (tertiary/aromatic N) is 2. The minimum absolute atomic E-state index is 0.0565. The first-order valence-corrected chi connectivity index (χ1v) is 13.2. The summed E-state index contributed by atoms with van der Waals surface area (Å²) in [6, 6.07) is 16.5. The molecule has 8 nitrogen and oxygen atoms in total. The van der Waals surface area contributed by atoms with Gasteiger partial charge in [-0.05, 0) is 61.7 Å². The second kappa shape index (κ2) is 9.49. The lowest BCUT2D eigenvalue weighted by atomic mass is 9.91. The number of urea groups is 1. The molecule has 0 saturated heterocycles. The Balaban J connectivity index is 1.34. The molecule has 3 heterocycles. The molecule has 1 fully saturated rings. The van der Waals surface area contributed by atoms with Gasteiger partial charge in [0.15, 0.2) is 0 Å². The fourth-order valence-corrected chi connectivity index (χ4v) is 6.15. The molecule has 188 valence electrons. The van der Waals surface area contributed by atoms with Gasteiger partial charge in [-0.1, -0.05) is 31.0 Å². The molecule has 1 aliphatic carbocycles. The molecule has 9 heteroatoms. The summed E-state index contributed by atoms with van der Waals surface area (Å²) in [4.78, 5) is 34.0. The second-order valence-corrected chi connectivity index (χ2v) is 10.5. The number of carbonyl (C=O) groups is 2. The van der Waals surface area contributed by atoms with Gasteiger partial charge in [0, 0.05) is 18.3 Å². The molecule has 2 aromatic heterocycles. The van der Waals surface area contributed by atoms with E-state index in [0.717, 1.165) is 48.1 Å². The van der Waals surface area contributed by atoms with Crippen LogP contribution in [0.5, 0.6) is 11.5 Å². The van der Waals surface area contributed by atoms with Crippen LogP contribution >= 0.6 is 11.3 Å². The van der Waals surface area contributed by atoms with E-state index in [2.05, 4.69) is 15.6 Å². The number of ether oxygens (including phenoxy) is 1. The number of carbonyl (C=O) groups excluding carboxylic acids is 2. The lowest BCUT2D eigenvalue weighted by Crippen LogP contribution is -2.49. The van der Waals surface area contributed by atoms with E-state index in [1.54, 1.807) is 11.1 Å². The van der Waals surface area contributed by atoms with Gasteiger partial charge in [0.25, 0.3) is 5.91 Å². The quantitative estimate of drug-likeness (QED) is 0.300. The van der Waals surface area contributed by atoms with E-state index in [4.69, 9.17) is 10.5 Å². The summed E-state index contributed by atoms with van der Waals surface area (Å²) >= 11 is 1.28. The standard InChI is InChI=1S/C28H27N5O3S/c1-16-15-18(36-17-7-3-2-4-8-17)11-12-21(16)33-22-13-14-30-27-23(22)24(32-28(33)35)25(37-27)26(34)31-20-10-6-5-9-19(20)29/h2-4,7-8,11-15,19-20H,5-6,9-10,29H2,1H3,(H,31,34)(H,32,35). The van der Waals surface area contributed by atoms with Crippen LogP contribution in [0.3, 0.4) is 0 Å². The highest BCUT2D eigenvalue weighted by atomic mass is 32.1. The smallest absolute Gasteiger partial charge is 0.331 e. The topological polar surface area (TPSA) is 110 Å². The highest BCUT2D eigenvalue weighted by molar-refractivity contribution is 7.21. The second-order valence-electron chi connectivity index (χ2n) is 9.47. The third kappa shape index (κ3) is 4.30. The van der Waals surface area contributed by atoms with Crippen molar-refractivity contribution in [2.24, 2.45) is 5.73 Å². The Morgan fingerprint density at radius 3 is 2.70 bits per heavy atom. The molecule has 4 N–H and O–H groups in total. The van der Waals surface area contributed by atoms with Crippen molar-refractivity contribution in [2.45, 2.75) is 44.7 Å². The summed E-state index contributed by atoms with van der Waals surface area (Å²) in [5, 5.41) is 6.82. The van der Waals surface area contributed by atoms with Crippen molar-refractivity contribution in [2.75, 3.05) is 10.2 Å². The number of rotatable bonds is 5. The van der Waals surface area contributed by atoms with Crippen molar-refractivity contribution in [3.05, 3.63) is 71.2 Å². The molecule has 2 aliphatic rings. The number of para-hydroxylation sites is 1. The molecule has 1 saturated carbocycles. The molecule has 2 unspecified atom stereocenters. The van der Waals surface area contributed by atoms with Gasteiger partial charge in [-0.25, -0.2) is 9.78 Å². The van der Waals surface area contributed by atoms with Crippen molar-refractivity contribution in [3.8, 4) is 11.5 Å². The van der Waals surface area contributed by atoms with Crippen LogP contribution in [0, 0.1) is 6.92 Å². The number of anilines is 3. The number of thiophene rings is 1. The van der Waals surface area contributed by atoms with Gasteiger partial charge in [-0.15, -0.1) is 11.3 Å². The average molecular weight is 514 g/mol. The maximum Gasteiger partial charge on any atom is 0.331 e. The van der Waals surface area contributed by atoms with Crippen molar-refractivity contribution in [1.29, 1.82) is 0 Å². The molecule has 0 spiro atoms. The molecule has 2 atom stereocenters. The van der Waals surface area contributed by atoms with E-state index in [1.807, 2.05) is 61.5 Å². The fourth-order valence-electron chi connectivity index (χ4n) is 5.12. The van der Waals surface area contributed by atoms with Crippen molar-refractivity contribution < 1.29 is 14.3 Å². The maximum atomic E-state index is 13.5. The van der Waals surface area contributed by atoms with Gasteiger partial charge < -0.3 is 21.1 Å². The van der Waals surface area contributed by atoms with Crippen LogP contribution in [0.2, 0.25) is 0 Å². The van der Waals surface area contributed by atoms with Crippen LogP contribution in [0.1, 0.15) is 40.9 Å². The summed E-state index contributed by atoms with van der Waals surface area (Å²) in [6.45, 7) is 1.94. The predicted molar refractivity (Wildman–Crippen MR) is 146 cm³/mol. The Kier molecular flexibility index (Phi) is 6.02. The molecular weight excluding hydrogens is 486 g/mol. The van der Waals surface area contributed by atoms with E-state index in [1.165, 1.54) is 11.3 Å². The van der Waals surface area contributed by atoms with Gasteiger partial charge in [0.2, 0.25) is 0 Å². The minimum atomic E-state index is -0.332. The third-order valence-corrected chi connectivity index (χ3v) is 8.07. The first kappa shape index (κ1) is 23.4. The molecule has 6 rings (SSSR count). The van der Waals surface area contributed by atoms with Gasteiger partial charge in [0.1, 0.15) is 21.2 Å². The molecule has 1 aliphatic heterocycles. The van der Waals surface area contributed by atoms with E-state index < -0.39 is 0 Å². The van der Waals surface area contributed by atoms with Crippen molar-refractivity contribution in [3.63, 3.8) is 0 Å². The SMILES string of the molecule is Cc1cc(Oc2ccccc2)ccc1N1C(=O)Nc2c(C(=O)NC3CCCCC3N)sc3nccc1c23. The van der Waals surface area contributed by atoms with E-state index in [0.29, 0.717) is 26.8 Å². The highest BCUT2D eigenvalue weighted by Crippen LogP contribution is 2.46. The fraction of sp³-hybridized carbons (Fsp3) is 0.250. The van der Waals surface area contributed by atoms with Crippen LogP contribution < -0.4 is 26.0 Å². The van der Waals surface area contributed by atoms with E-state index >= 15 is 0 Å². The molecule has 0 radical (unpaired) electrons. The molecular formula is C28H27N5O3S. The zero-order valence-corrected chi connectivity index (χ0v) is 21.2. The number of nitrogens with two attached hydrogens (primary N) is 1. The number of aryl methyl sites for hydroxylation is 1. The van der Waals surface area contributed by atoms with Gasteiger partial charge >= 0.3 is 6.03 Å². The Morgan fingerprint density at radius 2 is 1.92 bits per heavy atom. The van der Waals surface area contributed by atoms with Gasteiger partial charge in [-0.3, -0.25) is 9.69 Å². The summed E-state index contributed by atoms with van der Waals surface area (Å²) in [6.07, 6.45) is 5.56. The third-order valence-electron chi connectivity index (χ3n) is 6.98. The Morgan fingerprint density at radius 1 is 1.11 bits per heavy atom. The maximum absolute atomic E-state index is 13.5. The summed E-state index contributed by atoms with van der Waals surface area (Å²) < 4.78 is 5.96. The predicted octanol–water partition coefficient (Wildman–Crippen LogP) is 6.08. The minimum Gasteiger partial charge on any atom is -0.457 e. The zero-order chi connectivity index (χ0) is 25.5. The first-order chi connectivity index (χ1) is 18.0. The van der Waals surface area contributed by atoms with Crippen LogP contribution in [0.4, 0.5) is 21.9 Å². The molecule has 37 heavy (non-hydrogen) atoms. The van der Waals surface area contributed by atoms with Crippen LogP contribution in [0.15, 0.2) is 60.8 Å². The summed E-state index contributed by atoms with van der Waals surface area (Å²) in [7, 11) is 0. The molecule has 2 aromatic carbocycles. The highest BCUT2D eigenvalue weighted by Gasteiger charge is 2.34. The molecule has 3 amide bonds. The first-order valence-electron chi connectivity index (χ1n) is 12.4. The number of aromatic nitrogens is 1. The van der Waals surface area contributed by atoms with E-state index in [9.17, 15) is 9.59 Å². The number of benzene rings is 2. The van der Waals surface area contributed by atoms with Gasteiger partial charge in [-0.2, -0.15) is 0 Å². The Bertz CT molecular complexity index is 1500. The number of nitrogens with one attached hydrogen (secondary N) is 2. The zero-order valence-electron chi connectivity index (χ0n) is 20.4. The van der Waals surface area contributed by atoms with E-state index in [-0.39, 0.29) is 24.0 Å². The van der Waals surface area contributed by atoms with Crippen LogP contribution in [-0.2, 0) is 0 Å². The lowest BCUT2D eigenvalue weighted by Gasteiger charge is -2.30. The monoisotopic (exact) mass is 513 g/mol. The number of hydrogen-bond acceptors (Lipinski definition) is 6. The Labute approximate surface area is 218 Å². The van der Waals surface area contributed by atoms with Gasteiger partial charge in [0.05, 0.1) is 22.4 Å². The Hall–Kier alpha value is -3.95. The largest absolute Gasteiger partial charge is 0.457 e. The van der Waals surface area contributed by atoms with Crippen LogP contribution in [0.25, 0.3) is 10.2 Å². The average Bonchev–Trinajstić information content (AvgIpc) is 3.26. The van der Waals surface area contributed by atoms with Crippen molar-refractivity contribution in [1.82, 2.24) is 10.3 Å². The lowest BCUT2D eigenvalue weighted by molar-refractivity contribution is 0.0926. The van der Waals surface area contributed by atoms with Crippen molar-refractivity contribution >= 4 is 50.6 Å². The van der Waals surface area contributed by atoms with Crippen LogP contribution in [-0.4, -0.2) is 29.0 Å². The number of amides is 3. The summed E-state index contributed by atoms with van der Waals surface area (Å²) in [5.41, 5.74) is 9.04.